The van der Waals surface area contributed by atoms with Crippen LogP contribution in [-0.2, 0) is 11.2 Å². The van der Waals surface area contributed by atoms with E-state index in [9.17, 15) is 29.9 Å². The lowest BCUT2D eigenvalue weighted by molar-refractivity contribution is -0.423. The van der Waals surface area contributed by atoms with Crippen LogP contribution in [0.5, 0.6) is 11.6 Å². The molecule has 5 N–H and O–H groups in total. The van der Waals surface area contributed by atoms with Gasteiger partial charge in [0.2, 0.25) is 5.88 Å². The fourth-order valence-corrected chi connectivity index (χ4v) is 4.13. The number of aliphatic hydroxyl groups excluding tert-OH is 4. The highest BCUT2D eigenvalue weighted by Gasteiger charge is 2.55. The second-order valence-corrected chi connectivity index (χ2v) is 8.53. The van der Waals surface area contributed by atoms with E-state index in [1.807, 2.05) is 0 Å². The molecule has 2 aromatic rings. The Balaban J connectivity index is 1.70. The molecule has 1 aromatic heterocycles. The molecule has 33 heavy (non-hydrogen) atoms. The quantitative estimate of drug-likeness (QED) is 0.358. The van der Waals surface area contributed by atoms with Crippen molar-refractivity contribution in [3.8, 4) is 11.6 Å². The third-order valence-electron chi connectivity index (χ3n) is 6.46. The average Bonchev–Trinajstić information content (AvgIpc) is 3.04. The molecule has 2 heterocycles. The van der Waals surface area contributed by atoms with Crippen LogP contribution in [0, 0.1) is 12.7 Å². The number of methoxy groups -OCH3 is 1. The lowest BCUT2D eigenvalue weighted by Crippen LogP contribution is -2.67. The van der Waals surface area contributed by atoms with Crippen molar-refractivity contribution in [1.82, 2.24) is 9.78 Å². The highest BCUT2D eigenvalue weighted by atomic mass is 19.1. The van der Waals surface area contributed by atoms with Crippen LogP contribution in [0.15, 0.2) is 18.2 Å². The first kappa shape index (κ1) is 23.9. The van der Waals surface area contributed by atoms with Crippen LogP contribution in [0.1, 0.15) is 42.1 Å². The highest BCUT2D eigenvalue weighted by Crippen LogP contribution is 2.38. The van der Waals surface area contributed by atoms with Gasteiger partial charge in [0.25, 0.3) is 0 Å². The van der Waals surface area contributed by atoms with Crippen molar-refractivity contribution < 1.29 is 44.1 Å². The first-order chi connectivity index (χ1) is 15.7. The number of benzene rings is 1. The Kier molecular flexibility index (Phi) is 6.63. The Morgan fingerprint density at radius 2 is 1.97 bits per heavy atom. The molecule has 1 aliphatic heterocycles. The molecule has 5 atom stereocenters. The third kappa shape index (κ3) is 4.32. The van der Waals surface area contributed by atoms with E-state index >= 15 is 0 Å². The molecule has 1 aromatic carbocycles. The van der Waals surface area contributed by atoms with Gasteiger partial charge in [-0.05, 0) is 37.8 Å². The second-order valence-electron chi connectivity index (χ2n) is 8.53. The summed E-state index contributed by atoms with van der Waals surface area (Å²) in [5.74, 6) is -3.05. The molecular weight excluding hydrogens is 439 g/mol. The topological polar surface area (TPSA) is 147 Å². The van der Waals surface area contributed by atoms with Crippen LogP contribution >= 0.6 is 0 Å². The fraction of sp³-hybridized carbons (Fsp3) is 0.591. The summed E-state index contributed by atoms with van der Waals surface area (Å²) in [6.07, 6.45) is -4.06. The first-order valence-electron chi connectivity index (χ1n) is 10.8. The van der Waals surface area contributed by atoms with Crippen molar-refractivity contribution in [2.45, 2.75) is 69.0 Å². The van der Waals surface area contributed by atoms with Crippen molar-refractivity contribution in [1.29, 1.82) is 0 Å². The van der Waals surface area contributed by atoms with Crippen molar-refractivity contribution in [2.75, 3.05) is 13.7 Å². The number of hydrogen-bond donors (Lipinski definition) is 5. The molecule has 0 amide bonds. The Labute approximate surface area is 189 Å². The number of rotatable bonds is 7. The maximum atomic E-state index is 14.7. The zero-order valence-electron chi connectivity index (χ0n) is 18.4. The van der Waals surface area contributed by atoms with Gasteiger partial charge in [-0.2, -0.15) is 0 Å². The smallest absolute Gasteiger partial charge is 0.356 e. The second kappa shape index (κ2) is 9.16. The summed E-state index contributed by atoms with van der Waals surface area (Å²) < 4.78 is 32.3. The largest absolute Gasteiger partial charge is 0.497 e. The summed E-state index contributed by atoms with van der Waals surface area (Å²) in [4.78, 5) is 0. The summed E-state index contributed by atoms with van der Waals surface area (Å²) in [5.41, 5.74) is 1.48. The summed E-state index contributed by atoms with van der Waals surface area (Å²) in [5, 5.41) is 55.2. The summed E-state index contributed by atoms with van der Waals surface area (Å²) >= 11 is 0. The standard InChI is InChI=1S/C22H29FN2O8/c1-11-15(8-12-6-7-14(31-2)9-16(12)23)21(24-25(11)13-4-3-5-13)33-22(30)20(29)19(28)18(27)17(10-26)32-22/h6-7,9,13,17-20,26-30H,3-5,8,10H2,1-2H3/t17-,18-,19+,20-,22+/m1/s1. The van der Waals surface area contributed by atoms with Crippen molar-refractivity contribution in [3.63, 3.8) is 0 Å². The maximum Gasteiger partial charge on any atom is 0.356 e. The van der Waals surface area contributed by atoms with Gasteiger partial charge in [0.15, 0.2) is 6.10 Å². The zero-order chi connectivity index (χ0) is 23.9. The van der Waals surface area contributed by atoms with Gasteiger partial charge in [-0.15, -0.1) is 5.10 Å². The number of ether oxygens (including phenoxy) is 3. The van der Waals surface area contributed by atoms with E-state index in [1.54, 1.807) is 23.7 Å². The van der Waals surface area contributed by atoms with Gasteiger partial charge < -0.3 is 39.7 Å². The van der Waals surface area contributed by atoms with E-state index in [4.69, 9.17) is 14.2 Å². The number of nitrogens with zero attached hydrogens (tertiary/aromatic N) is 2. The number of aliphatic hydroxyl groups is 5. The molecule has 0 spiro atoms. The van der Waals surface area contributed by atoms with Crippen molar-refractivity contribution >= 4 is 0 Å². The molecule has 0 unspecified atom stereocenters. The Morgan fingerprint density at radius 1 is 1.24 bits per heavy atom. The van der Waals surface area contributed by atoms with Crippen LogP contribution < -0.4 is 9.47 Å². The van der Waals surface area contributed by atoms with E-state index in [-0.39, 0.29) is 18.3 Å². The minimum Gasteiger partial charge on any atom is -0.497 e. The lowest BCUT2D eigenvalue weighted by Gasteiger charge is -2.43. The van der Waals surface area contributed by atoms with Gasteiger partial charge in [0.05, 0.1) is 19.8 Å². The Bertz CT molecular complexity index is 995. The SMILES string of the molecule is COc1ccc(Cc2c(O[C@@]3(O)O[C@H](CO)[C@@H](O)[C@H](O)[C@H]3O)nn(C3CCC3)c2C)c(F)c1. The molecule has 10 nitrogen and oxygen atoms in total. The van der Waals surface area contributed by atoms with Gasteiger partial charge in [0.1, 0.15) is 29.9 Å². The zero-order valence-corrected chi connectivity index (χ0v) is 18.4. The molecule has 11 heteroatoms. The first-order valence-corrected chi connectivity index (χ1v) is 10.8. The third-order valence-corrected chi connectivity index (χ3v) is 6.46. The van der Waals surface area contributed by atoms with E-state index in [1.165, 1.54) is 13.2 Å². The van der Waals surface area contributed by atoms with Gasteiger partial charge >= 0.3 is 5.97 Å². The predicted octanol–water partition coefficient (Wildman–Crippen LogP) is 0.154. The number of halogens is 1. The molecular formula is C22H29FN2O8. The van der Waals surface area contributed by atoms with Gasteiger partial charge in [-0.25, -0.2) is 4.39 Å². The molecule has 4 rings (SSSR count). The molecule has 182 valence electrons. The lowest BCUT2D eigenvalue weighted by atomic mass is 9.93. The summed E-state index contributed by atoms with van der Waals surface area (Å²) in [6.45, 7) is 1.06. The van der Waals surface area contributed by atoms with Crippen molar-refractivity contribution in [2.24, 2.45) is 0 Å². The van der Waals surface area contributed by atoms with Crippen LogP contribution in [0.2, 0.25) is 0 Å². The van der Waals surface area contributed by atoms with Crippen LogP contribution in [0.3, 0.4) is 0 Å². The monoisotopic (exact) mass is 468 g/mol. The van der Waals surface area contributed by atoms with E-state index < -0.39 is 42.8 Å². The molecule has 1 saturated carbocycles. The van der Waals surface area contributed by atoms with Crippen LogP contribution in [0.25, 0.3) is 0 Å². The summed E-state index contributed by atoms with van der Waals surface area (Å²) in [7, 11) is 1.44. The van der Waals surface area contributed by atoms with Gasteiger partial charge in [-0.3, -0.25) is 4.68 Å². The van der Waals surface area contributed by atoms with Crippen LogP contribution in [-0.4, -0.2) is 79.4 Å². The average molecular weight is 468 g/mol. The minimum absolute atomic E-state index is 0.0600. The molecule has 1 aliphatic carbocycles. The Morgan fingerprint density at radius 3 is 2.55 bits per heavy atom. The summed E-state index contributed by atoms with van der Waals surface area (Å²) in [6, 6.07) is 4.56. The molecule has 0 radical (unpaired) electrons. The number of hydrogen-bond acceptors (Lipinski definition) is 9. The molecule has 2 fully saturated rings. The van der Waals surface area contributed by atoms with E-state index in [0.717, 1.165) is 19.3 Å². The van der Waals surface area contributed by atoms with Gasteiger partial charge in [0, 0.05) is 23.7 Å². The normalized spacial score (nSPS) is 30.2. The molecule has 0 bridgehead atoms. The van der Waals surface area contributed by atoms with E-state index in [0.29, 0.717) is 22.6 Å². The van der Waals surface area contributed by atoms with Crippen LogP contribution in [0.4, 0.5) is 4.39 Å². The van der Waals surface area contributed by atoms with Crippen molar-refractivity contribution in [3.05, 3.63) is 40.8 Å². The predicted molar refractivity (Wildman–Crippen MR) is 111 cm³/mol. The minimum atomic E-state index is -2.80. The highest BCUT2D eigenvalue weighted by molar-refractivity contribution is 5.39. The molecule has 1 saturated heterocycles. The maximum absolute atomic E-state index is 14.7. The molecule has 2 aliphatic rings. The van der Waals surface area contributed by atoms with E-state index in [2.05, 4.69) is 5.10 Å². The Hall–Kier alpha value is -2.28. The fourth-order valence-electron chi connectivity index (χ4n) is 4.13. The number of aromatic nitrogens is 2. The van der Waals surface area contributed by atoms with Gasteiger partial charge in [-0.1, -0.05) is 6.07 Å².